The van der Waals surface area contributed by atoms with Crippen molar-refractivity contribution in [3.05, 3.63) is 23.8 Å². The van der Waals surface area contributed by atoms with Crippen LogP contribution in [-0.4, -0.2) is 20.7 Å². The van der Waals surface area contributed by atoms with Crippen molar-refractivity contribution in [3.63, 3.8) is 0 Å². The maximum Gasteiger partial charge on any atom is 0.274 e. The average molecular weight is 165 g/mol. The van der Waals surface area contributed by atoms with Gasteiger partial charge in [0.15, 0.2) is 0 Å². The van der Waals surface area contributed by atoms with Gasteiger partial charge in [0.1, 0.15) is 11.6 Å². The molecule has 0 unspecified atom stereocenters. The lowest BCUT2D eigenvalue weighted by atomic mass is 10.3. The molecule has 1 aromatic rings. The molecule has 0 aliphatic rings. The van der Waals surface area contributed by atoms with E-state index in [1.54, 1.807) is 20.8 Å². The molecule has 0 aliphatic heterocycles. The smallest absolute Gasteiger partial charge is 0.267 e. The third-order valence-corrected chi connectivity index (χ3v) is 1.43. The molecule has 0 atom stereocenters. The summed E-state index contributed by atoms with van der Waals surface area (Å²) in [6.45, 7) is 8.68. The van der Waals surface area contributed by atoms with Crippen molar-refractivity contribution < 1.29 is 4.79 Å². The number of aromatic nitrogens is 3. The first-order valence-corrected chi connectivity index (χ1v) is 3.63. The summed E-state index contributed by atoms with van der Waals surface area (Å²) in [5.74, 6) is 0.996. The van der Waals surface area contributed by atoms with Gasteiger partial charge in [-0.25, -0.2) is 4.98 Å². The van der Waals surface area contributed by atoms with E-state index in [4.69, 9.17) is 0 Å². The maximum atomic E-state index is 11.3. The molecule has 1 aromatic heterocycles. The number of carbonyl (C=O) groups excluding carboxylic acids is 1. The Morgan fingerprint density at radius 2 is 2.08 bits per heavy atom. The number of rotatable bonds is 1. The summed E-state index contributed by atoms with van der Waals surface area (Å²) in [6.07, 6.45) is 0. The number of hydrogen-bond acceptors (Lipinski definition) is 3. The summed E-state index contributed by atoms with van der Waals surface area (Å²) in [6, 6.07) is 0. The van der Waals surface area contributed by atoms with E-state index in [1.807, 2.05) is 0 Å². The van der Waals surface area contributed by atoms with Crippen molar-refractivity contribution in [3.8, 4) is 0 Å². The first-order valence-electron chi connectivity index (χ1n) is 3.63. The molecule has 0 N–H and O–H groups in total. The van der Waals surface area contributed by atoms with Crippen LogP contribution in [0.2, 0.25) is 0 Å². The summed E-state index contributed by atoms with van der Waals surface area (Å²) in [5.41, 5.74) is 0.461. The van der Waals surface area contributed by atoms with Crippen LogP contribution in [-0.2, 0) is 0 Å². The van der Waals surface area contributed by atoms with E-state index in [0.29, 0.717) is 17.2 Å². The van der Waals surface area contributed by atoms with E-state index >= 15 is 0 Å². The van der Waals surface area contributed by atoms with E-state index < -0.39 is 0 Å². The monoisotopic (exact) mass is 165 g/mol. The van der Waals surface area contributed by atoms with Gasteiger partial charge in [0.2, 0.25) is 0 Å². The predicted octanol–water partition coefficient (Wildman–Crippen LogP) is 1.11. The Labute approximate surface area is 70.9 Å². The number of allylic oxidation sites excluding steroid dienone is 1. The zero-order chi connectivity index (χ0) is 9.30. The van der Waals surface area contributed by atoms with Gasteiger partial charge in [-0.1, -0.05) is 6.58 Å². The topological polar surface area (TPSA) is 47.8 Å². The largest absolute Gasteiger partial charge is 0.274 e. The van der Waals surface area contributed by atoms with E-state index in [2.05, 4.69) is 16.7 Å². The number of carbonyl (C=O) groups is 1. The zero-order valence-electron chi connectivity index (χ0n) is 7.46. The van der Waals surface area contributed by atoms with Gasteiger partial charge in [-0.3, -0.25) is 4.79 Å². The van der Waals surface area contributed by atoms with Crippen LogP contribution in [0.15, 0.2) is 12.2 Å². The fourth-order valence-corrected chi connectivity index (χ4v) is 0.894. The van der Waals surface area contributed by atoms with Gasteiger partial charge in [0, 0.05) is 5.57 Å². The standard InChI is InChI=1S/C8H11N3O/c1-5(2)8(12)11-7(4)9-6(3)10-11/h1H2,2-4H3. The van der Waals surface area contributed by atoms with E-state index in [9.17, 15) is 4.79 Å². The second-order valence-electron chi connectivity index (χ2n) is 2.70. The molecular formula is C8H11N3O. The molecule has 0 saturated carbocycles. The lowest BCUT2D eigenvalue weighted by Crippen LogP contribution is -2.14. The van der Waals surface area contributed by atoms with Crippen LogP contribution in [0, 0.1) is 13.8 Å². The molecule has 0 spiro atoms. The second kappa shape index (κ2) is 2.89. The third kappa shape index (κ3) is 1.42. The first kappa shape index (κ1) is 8.64. The van der Waals surface area contributed by atoms with Crippen molar-refractivity contribution in [2.45, 2.75) is 20.8 Å². The van der Waals surface area contributed by atoms with Crippen LogP contribution in [0.25, 0.3) is 0 Å². The van der Waals surface area contributed by atoms with Crippen LogP contribution in [0.5, 0.6) is 0 Å². The summed E-state index contributed by atoms with van der Waals surface area (Å²) in [5, 5.41) is 3.93. The highest BCUT2D eigenvalue weighted by molar-refractivity contribution is 5.93. The third-order valence-electron chi connectivity index (χ3n) is 1.43. The van der Waals surface area contributed by atoms with Crippen molar-refractivity contribution in [1.29, 1.82) is 0 Å². The molecule has 4 nitrogen and oxygen atoms in total. The fourth-order valence-electron chi connectivity index (χ4n) is 0.894. The fraction of sp³-hybridized carbons (Fsp3) is 0.375. The van der Waals surface area contributed by atoms with Gasteiger partial charge in [0.05, 0.1) is 0 Å². The Balaban J connectivity index is 3.11. The number of aryl methyl sites for hydroxylation is 2. The summed E-state index contributed by atoms with van der Waals surface area (Å²) in [4.78, 5) is 15.3. The van der Waals surface area contributed by atoms with Gasteiger partial charge in [-0.2, -0.15) is 4.68 Å². The molecule has 0 bridgehead atoms. The van der Waals surface area contributed by atoms with E-state index in [1.165, 1.54) is 4.68 Å². The van der Waals surface area contributed by atoms with Gasteiger partial charge < -0.3 is 0 Å². The Morgan fingerprint density at radius 1 is 1.50 bits per heavy atom. The molecule has 1 rings (SSSR count). The van der Waals surface area contributed by atoms with Crippen LogP contribution in [0.4, 0.5) is 0 Å². The molecule has 64 valence electrons. The Bertz CT molecular complexity index is 338. The van der Waals surface area contributed by atoms with Crippen LogP contribution >= 0.6 is 0 Å². The minimum Gasteiger partial charge on any atom is -0.267 e. The van der Waals surface area contributed by atoms with E-state index in [-0.39, 0.29) is 5.91 Å². The van der Waals surface area contributed by atoms with Crippen LogP contribution < -0.4 is 0 Å². The summed E-state index contributed by atoms with van der Waals surface area (Å²) < 4.78 is 1.26. The molecule has 0 saturated heterocycles. The van der Waals surface area contributed by atoms with Gasteiger partial charge in [0.25, 0.3) is 5.91 Å². The highest BCUT2D eigenvalue weighted by atomic mass is 16.2. The molecule has 0 radical (unpaired) electrons. The molecule has 0 amide bonds. The normalized spacial score (nSPS) is 9.92. The zero-order valence-corrected chi connectivity index (χ0v) is 7.46. The van der Waals surface area contributed by atoms with Crippen molar-refractivity contribution in [1.82, 2.24) is 14.8 Å². The molecule has 0 aromatic carbocycles. The Morgan fingerprint density at radius 3 is 2.42 bits per heavy atom. The SMILES string of the molecule is C=C(C)C(=O)n1nc(C)nc1C. The average Bonchev–Trinajstić information content (AvgIpc) is 2.28. The van der Waals surface area contributed by atoms with E-state index in [0.717, 1.165) is 0 Å². The van der Waals surface area contributed by atoms with Crippen molar-refractivity contribution in [2.24, 2.45) is 0 Å². The molecule has 0 fully saturated rings. The highest BCUT2D eigenvalue weighted by Crippen LogP contribution is 2.00. The molecular weight excluding hydrogens is 154 g/mol. The quantitative estimate of drug-likeness (QED) is 0.586. The Kier molecular flexibility index (Phi) is 2.08. The maximum absolute atomic E-state index is 11.3. The summed E-state index contributed by atoms with van der Waals surface area (Å²) in [7, 11) is 0. The minimum absolute atomic E-state index is 0.201. The van der Waals surface area contributed by atoms with Crippen LogP contribution in [0.1, 0.15) is 23.4 Å². The minimum atomic E-state index is -0.201. The Hall–Kier alpha value is -1.45. The highest BCUT2D eigenvalue weighted by Gasteiger charge is 2.10. The predicted molar refractivity (Wildman–Crippen MR) is 44.9 cm³/mol. The molecule has 0 aliphatic carbocycles. The van der Waals surface area contributed by atoms with Gasteiger partial charge in [-0.05, 0) is 20.8 Å². The van der Waals surface area contributed by atoms with Crippen molar-refractivity contribution in [2.75, 3.05) is 0 Å². The molecule has 12 heavy (non-hydrogen) atoms. The second-order valence-corrected chi connectivity index (χ2v) is 2.70. The molecule has 1 heterocycles. The lowest BCUT2D eigenvalue weighted by Gasteiger charge is -1.98. The lowest BCUT2D eigenvalue weighted by molar-refractivity contribution is 0.0937. The van der Waals surface area contributed by atoms with Gasteiger partial charge >= 0.3 is 0 Å². The number of nitrogens with zero attached hydrogens (tertiary/aromatic N) is 3. The van der Waals surface area contributed by atoms with Crippen LogP contribution in [0.3, 0.4) is 0 Å². The number of hydrogen-bond donors (Lipinski definition) is 0. The van der Waals surface area contributed by atoms with Gasteiger partial charge in [-0.15, -0.1) is 5.10 Å². The first-order chi connectivity index (χ1) is 5.52. The summed E-state index contributed by atoms with van der Waals surface area (Å²) >= 11 is 0. The molecule has 4 heteroatoms. The van der Waals surface area contributed by atoms with Crippen molar-refractivity contribution >= 4 is 5.91 Å².